The van der Waals surface area contributed by atoms with Crippen molar-refractivity contribution in [3.8, 4) is 0 Å². The number of hydrogen-bond donors (Lipinski definition) is 0. The Labute approximate surface area is 151 Å². The fraction of sp³-hybridized carbons (Fsp3) is 0.333. The summed E-state index contributed by atoms with van der Waals surface area (Å²) in [4.78, 5) is 27.0. The molecule has 0 amide bonds. The summed E-state index contributed by atoms with van der Waals surface area (Å²) in [7, 11) is 0. The SMILES string of the molecule is Cc1ccc(C(=O)C2CCN(Cn3c(=O)oc4ccccc43)CC2)cc1. The first-order valence-electron chi connectivity index (χ1n) is 9.03. The van der Waals surface area contributed by atoms with Crippen LogP contribution in [0.3, 0.4) is 0 Å². The van der Waals surface area contributed by atoms with Crippen LogP contribution >= 0.6 is 0 Å². The second-order valence-electron chi connectivity index (χ2n) is 7.03. The molecule has 3 aromatic rings. The van der Waals surface area contributed by atoms with E-state index in [0.717, 1.165) is 42.6 Å². The van der Waals surface area contributed by atoms with Crippen LogP contribution in [0.2, 0.25) is 0 Å². The molecule has 0 aliphatic carbocycles. The molecule has 4 rings (SSSR count). The number of ketones is 1. The molecule has 0 radical (unpaired) electrons. The molecule has 0 atom stereocenters. The highest BCUT2D eigenvalue weighted by atomic mass is 16.4. The Balaban J connectivity index is 1.42. The molecule has 0 spiro atoms. The highest BCUT2D eigenvalue weighted by molar-refractivity contribution is 5.97. The van der Waals surface area contributed by atoms with E-state index in [4.69, 9.17) is 4.42 Å². The van der Waals surface area contributed by atoms with Crippen molar-refractivity contribution in [1.29, 1.82) is 0 Å². The molecular formula is C21H22N2O3. The van der Waals surface area contributed by atoms with Gasteiger partial charge in [0.15, 0.2) is 11.4 Å². The fourth-order valence-corrected chi connectivity index (χ4v) is 3.64. The van der Waals surface area contributed by atoms with Crippen molar-refractivity contribution in [2.24, 2.45) is 5.92 Å². The van der Waals surface area contributed by atoms with Crippen LogP contribution in [-0.4, -0.2) is 28.3 Å². The highest BCUT2D eigenvalue weighted by Gasteiger charge is 2.26. The molecule has 5 nitrogen and oxygen atoms in total. The number of rotatable bonds is 4. The van der Waals surface area contributed by atoms with Crippen molar-refractivity contribution in [3.63, 3.8) is 0 Å². The van der Waals surface area contributed by atoms with Crippen LogP contribution in [0, 0.1) is 12.8 Å². The van der Waals surface area contributed by atoms with Crippen molar-refractivity contribution in [2.45, 2.75) is 26.4 Å². The Morgan fingerprint density at radius 2 is 1.77 bits per heavy atom. The molecule has 2 heterocycles. The van der Waals surface area contributed by atoms with Crippen LogP contribution in [0.15, 0.2) is 57.7 Å². The summed E-state index contributed by atoms with van der Waals surface area (Å²) in [6.07, 6.45) is 1.63. The minimum absolute atomic E-state index is 0.0618. The Bertz CT molecular complexity index is 976. The van der Waals surface area contributed by atoms with E-state index in [2.05, 4.69) is 4.90 Å². The molecule has 26 heavy (non-hydrogen) atoms. The molecule has 1 saturated heterocycles. The maximum absolute atomic E-state index is 12.7. The smallest absolute Gasteiger partial charge is 0.408 e. The standard InChI is InChI=1S/C21H22N2O3/c1-15-6-8-16(9-7-15)20(24)17-10-12-22(13-11-17)14-23-18-4-2-3-5-19(18)26-21(23)25/h2-9,17H,10-14H2,1H3. The van der Waals surface area contributed by atoms with Gasteiger partial charge < -0.3 is 4.42 Å². The van der Waals surface area contributed by atoms with Crippen LogP contribution < -0.4 is 5.76 Å². The van der Waals surface area contributed by atoms with E-state index in [1.54, 1.807) is 10.6 Å². The lowest BCUT2D eigenvalue weighted by Gasteiger charge is -2.31. The van der Waals surface area contributed by atoms with Gasteiger partial charge in [-0.15, -0.1) is 0 Å². The zero-order valence-corrected chi connectivity index (χ0v) is 14.9. The Morgan fingerprint density at radius 1 is 1.08 bits per heavy atom. The predicted octanol–water partition coefficient (Wildman–Crippen LogP) is 3.46. The van der Waals surface area contributed by atoms with Gasteiger partial charge in [-0.2, -0.15) is 0 Å². The largest absolute Gasteiger partial charge is 0.421 e. The molecule has 0 N–H and O–H groups in total. The van der Waals surface area contributed by atoms with E-state index in [1.165, 1.54) is 0 Å². The molecule has 1 aromatic heterocycles. The van der Waals surface area contributed by atoms with Crippen molar-refractivity contribution in [2.75, 3.05) is 13.1 Å². The predicted molar refractivity (Wildman–Crippen MR) is 100 cm³/mol. The molecule has 0 bridgehead atoms. The minimum atomic E-state index is -0.330. The Hall–Kier alpha value is -2.66. The van der Waals surface area contributed by atoms with Crippen molar-refractivity contribution < 1.29 is 9.21 Å². The van der Waals surface area contributed by atoms with E-state index in [0.29, 0.717) is 12.3 Å². The van der Waals surface area contributed by atoms with Crippen LogP contribution in [0.5, 0.6) is 0 Å². The van der Waals surface area contributed by atoms with Crippen LogP contribution in [0.4, 0.5) is 0 Å². The number of Topliss-reactive ketones (excluding diaryl/α,β-unsaturated/α-hetero) is 1. The highest BCUT2D eigenvalue weighted by Crippen LogP contribution is 2.23. The summed E-state index contributed by atoms with van der Waals surface area (Å²) in [5.41, 5.74) is 3.39. The molecule has 5 heteroatoms. The summed E-state index contributed by atoms with van der Waals surface area (Å²) in [6, 6.07) is 15.3. The van der Waals surface area contributed by atoms with E-state index < -0.39 is 0 Å². The summed E-state index contributed by atoms with van der Waals surface area (Å²) in [5, 5.41) is 0. The molecule has 1 fully saturated rings. The lowest BCUT2D eigenvalue weighted by molar-refractivity contribution is 0.0809. The zero-order chi connectivity index (χ0) is 18.1. The van der Waals surface area contributed by atoms with Crippen LogP contribution in [0.1, 0.15) is 28.8 Å². The monoisotopic (exact) mass is 350 g/mol. The Kier molecular flexibility index (Phi) is 4.47. The third-order valence-electron chi connectivity index (χ3n) is 5.21. The third kappa shape index (κ3) is 3.22. The quantitative estimate of drug-likeness (QED) is 0.676. The van der Waals surface area contributed by atoms with Gasteiger partial charge in [-0.3, -0.25) is 14.3 Å². The van der Waals surface area contributed by atoms with E-state index >= 15 is 0 Å². The maximum Gasteiger partial charge on any atom is 0.421 e. The minimum Gasteiger partial charge on any atom is -0.408 e. The first-order chi connectivity index (χ1) is 12.6. The van der Waals surface area contributed by atoms with Crippen LogP contribution in [-0.2, 0) is 6.67 Å². The number of benzene rings is 2. The third-order valence-corrected chi connectivity index (χ3v) is 5.21. The lowest BCUT2D eigenvalue weighted by atomic mass is 9.89. The van der Waals surface area contributed by atoms with Gasteiger partial charge in [0.1, 0.15) is 0 Å². The topological polar surface area (TPSA) is 55.5 Å². The number of nitrogens with zero attached hydrogens (tertiary/aromatic N) is 2. The zero-order valence-electron chi connectivity index (χ0n) is 14.9. The average molecular weight is 350 g/mol. The number of para-hydroxylation sites is 2. The molecule has 2 aromatic carbocycles. The van der Waals surface area contributed by atoms with Gasteiger partial charge in [-0.05, 0) is 31.9 Å². The second-order valence-corrected chi connectivity index (χ2v) is 7.03. The van der Waals surface area contributed by atoms with Gasteiger partial charge in [0, 0.05) is 24.6 Å². The van der Waals surface area contributed by atoms with Crippen molar-refractivity contribution in [3.05, 3.63) is 70.2 Å². The number of piperidine rings is 1. The molecule has 134 valence electrons. The number of oxazole rings is 1. The summed E-state index contributed by atoms with van der Waals surface area (Å²) >= 11 is 0. The van der Waals surface area contributed by atoms with Crippen molar-refractivity contribution >= 4 is 16.9 Å². The summed E-state index contributed by atoms with van der Waals surface area (Å²) in [5.74, 6) is -0.0357. The van der Waals surface area contributed by atoms with Gasteiger partial charge in [0.2, 0.25) is 0 Å². The number of fused-ring (bicyclic) bond motifs is 1. The first-order valence-corrected chi connectivity index (χ1v) is 9.03. The molecule has 0 saturated carbocycles. The number of carbonyl (C=O) groups is 1. The fourth-order valence-electron chi connectivity index (χ4n) is 3.64. The molecule has 1 aliphatic heterocycles. The Morgan fingerprint density at radius 3 is 2.50 bits per heavy atom. The second kappa shape index (κ2) is 6.92. The van der Waals surface area contributed by atoms with E-state index in [1.807, 2.05) is 49.4 Å². The molecule has 1 aliphatic rings. The van der Waals surface area contributed by atoms with Gasteiger partial charge in [-0.1, -0.05) is 42.0 Å². The van der Waals surface area contributed by atoms with Crippen molar-refractivity contribution in [1.82, 2.24) is 9.47 Å². The summed E-state index contributed by atoms with van der Waals surface area (Å²) < 4.78 is 6.96. The maximum atomic E-state index is 12.7. The van der Waals surface area contributed by atoms with E-state index in [9.17, 15) is 9.59 Å². The molecular weight excluding hydrogens is 328 g/mol. The number of carbonyl (C=O) groups excluding carboxylic acids is 1. The van der Waals surface area contributed by atoms with Gasteiger partial charge in [0.25, 0.3) is 0 Å². The van der Waals surface area contributed by atoms with Gasteiger partial charge in [-0.25, -0.2) is 4.79 Å². The number of aryl methyl sites for hydroxylation is 1. The van der Waals surface area contributed by atoms with Gasteiger partial charge in [0.05, 0.1) is 12.2 Å². The number of hydrogen-bond acceptors (Lipinski definition) is 4. The first kappa shape index (κ1) is 16.8. The number of likely N-dealkylation sites (tertiary alicyclic amines) is 1. The average Bonchev–Trinajstić information content (AvgIpc) is 2.98. The van der Waals surface area contributed by atoms with Gasteiger partial charge >= 0.3 is 5.76 Å². The lowest BCUT2D eigenvalue weighted by Crippen LogP contribution is -2.39. The van der Waals surface area contributed by atoms with Crippen LogP contribution in [0.25, 0.3) is 11.1 Å². The summed E-state index contributed by atoms with van der Waals surface area (Å²) in [6.45, 7) is 4.12. The number of aromatic nitrogens is 1. The normalized spacial score (nSPS) is 16.2. The van der Waals surface area contributed by atoms with E-state index in [-0.39, 0.29) is 17.5 Å². The molecule has 0 unspecified atom stereocenters.